The topological polar surface area (TPSA) is 6.48 Å². The van der Waals surface area contributed by atoms with Gasteiger partial charge in [0.1, 0.15) is 0 Å². The molecule has 10 aromatic carbocycles. The fourth-order valence-electron chi connectivity index (χ4n) is 11.1. The van der Waals surface area contributed by atoms with Crippen molar-refractivity contribution in [1.82, 2.24) is 0 Å². The number of para-hydroxylation sites is 4. The number of hydrogen-bond acceptors (Lipinski definition) is 2. The molecule has 10 aromatic rings. The predicted molar refractivity (Wildman–Crippen MR) is 272 cm³/mol. The molecule has 2 aliphatic carbocycles. The Labute approximate surface area is 380 Å². The Morgan fingerprint density at radius 3 is 1.46 bits per heavy atom. The maximum absolute atomic E-state index is 2.50. The van der Waals surface area contributed by atoms with Crippen LogP contribution in [0.3, 0.4) is 0 Å². The van der Waals surface area contributed by atoms with Crippen LogP contribution in [0.15, 0.2) is 243 Å². The number of anilines is 6. The Kier molecular flexibility index (Phi) is 8.47. The Morgan fingerprint density at radius 2 is 0.785 bits per heavy atom. The fraction of sp³-hybridized carbons (Fsp3) is 0.0159. The minimum absolute atomic E-state index is 0.555. The Bertz CT molecular complexity index is 3460. The summed E-state index contributed by atoms with van der Waals surface area (Å²) in [4.78, 5) is 4.92. The molecule has 1 spiro atoms. The SMILES string of the molecule is C1=Cc2ccccc2C2(c3ccccc31)c1ccccc1-c1ccc(N(c3ccc4c(c3)-c3ccccc3N(c3ccccc3)c3ccccc3-4)c3ccccc3-c3ccccc3)cc12. The van der Waals surface area contributed by atoms with E-state index in [-0.39, 0.29) is 0 Å². The van der Waals surface area contributed by atoms with Crippen LogP contribution in [0.5, 0.6) is 0 Å². The second-order valence-corrected chi connectivity index (χ2v) is 17.2. The van der Waals surface area contributed by atoms with Gasteiger partial charge in [-0.15, -0.1) is 0 Å². The highest BCUT2D eigenvalue weighted by Crippen LogP contribution is 2.60. The average Bonchev–Trinajstić information content (AvgIpc) is 3.49. The van der Waals surface area contributed by atoms with Crippen molar-refractivity contribution < 1.29 is 0 Å². The summed E-state index contributed by atoms with van der Waals surface area (Å²) in [6, 6.07) is 89.6. The van der Waals surface area contributed by atoms with Crippen molar-refractivity contribution in [2.45, 2.75) is 5.41 Å². The van der Waals surface area contributed by atoms with E-state index in [0.717, 1.165) is 39.7 Å². The van der Waals surface area contributed by atoms with E-state index in [1.54, 1.807) is 0 Å². The lowest BCUT2D eigenvalue weighted by molar-refractivity contribution is 0.766. The summed E-state index contributed by atoms with van der Waals surface area (Å²) in [5.74, 6) is 0. The second kappa shape index (κ2) is 14.8. The molecule has 0 atom stereocenters. The Hall–Kier alpha value is -8.46. The molecule has 0 unspecified atom stereocenters. The largest absolute Gasteiger partial charge is 0.310 e. The van der Waals surface area contributed by atoms with Gasteiger partial charge in [-0.3, -0.25) is 0 Å². The van der Waals surface area contributed by atoms with E-state index in [2.05, 4.69) is 265 Å². The van der Waals surface area contributed by atoms with Gasteiger partial charge < -0.3 is 9.80 Å². The third kappa shape index (κ3) is 5.60. The first-order valence-electron chi connectivity index (χ1n) is 22.5. The predicted octanol–water partition coefficient (Wildman–Crippen LogP) is 16.8. The first-order valence-corrected chi connectivity index (χ1v) is 22.5. The zero-order valence-electron chi connectivity index (χ0n) is 35.6. The molecule has 0 saturated carbocycles. The van der Waals surface area contributed by atoms with Gasteiger partial charge >= 0.3 is 0 Å². The van der Waals surface area contributed by atoms with Gasteiger partial charge in [0.15, 0.2) is 0 Å². The van der Waals surface area contributed by atoms with Crippen LogP contribution in [0, 0.1) is 0 Å². The molecule has 0 N–H and O–H groups in total. The summed E-state index contributed by atoms with van der Waals surface area (Å²) in [5.41, 5.74) is 23.5. The summed E-state index contributed by atoms with van der Waals surface area (Å²) in [5, 5.41) is 0. The second-order valence-electron chi connectivity index (χ2n) is 17.2. The monoisotopic (exact) mass is 826 g/mol. The van der Waals surface area contributed by atoms with E-state index < -0.39 is 5.41 Å². The van der Waals surface area contributed by atoms with Crippen LogP contribution in [0.4, 0.5) is 34.1 Å². The van der Waals surface area contributed by atoms with Crippen LogP contribution in [-0.4, -0.2) is 0 Å². The van der Waals surface area contributed by atoms with Gasteiger partial charge in [0.25, 0.3) is 0 Å². The average molecular weight is 827 g/mol. The molecule has 0 fully saturated rings. The van der Waals surface area contributed by atoms with Crippen molar-refractivity contribution in [2.75, 3.05) is 9.80 Å². The maximum Gasteiger partial charge on any atom is 0.0725 e. The maximum atomic E-state index is 2.50. The van der Waals surface area contributed by atoms with Gasteiger partial charge in [-0.05, 0) is 116 Å². The van der Waals surface area contributed by atoms with Crippen molar-refractivity contribution in [2.24, 2.45) is 0 Å². The van der Waals surface area contributed by atoms with E-state index >= 15 is 0 Å². The molecule has 2 nitrogen and oxygen atoms in total. The number of hydrogen-bond donors (Lipinski definition) is 0. The molecule has 0 aromatic heterocycles. The molecular weight excluding hydrogens is 785 g/mol. The molecule has 0 radical (unpaired) electrons. The summed E-state index contributed by atoms with van der Waals surface area (Å²) < 4.78 is 0. The van der Waals surface area contributed by atoms with Gasteiger partial charge in [-0.2, -0.15) is 0 Å². The Morgan fingerprint density at radius 1 is 0.308 bits per heavy atom. The van der Waals surface area contributed by atoms with Crippen LogP contribution in [0.1, 0.15) is 33.4 Å². The zero-order chi connectivity index (χ0) is 42.9. The highest BCUT2D eigenvalue weighted by atomic mass is 15.2. The summed E-state index contributed by atoms with van der Waals surface area (Å²) >= 11 is 0. The smallest absolute Gasteiger partial charge is 0.0725 e. The molecule has 0 bridgehead atoms. The minimum atomic E-state index is -0.555. The number of rotatable bonds is 5. The van der Waals surface area contributed by atoms with E-state index in [9.17, 15) is 0 Å². The third-order valence-corrected chi connectivity index (χ3v) is 13.8. The lowest BCUT2D eigenvalue weighted by Gasteiger charge is -2.36. The van der Waals surface area contributed by atoms with Crippen LogP contribution >= 0.6 is 0 Å². The molecule has 1 aliphatic heterocycles. The van der Waals surface area contributed by atoms with Crippen LogP contribution < -0.4 is 9.80 Å². The van der Waals surface area contributed by atoms with E-state index in [4.69, 9.17) is 0 Å². The van der Waals surface area contributed by atoms with E-state index in [0.29, 0.717) is 0 Å². The van der Waals surface area contributed by atoms with Crippen molar-refractivity contribution in [3.8, 4) is 44.5 Å². The Balaban J connectivity index is 1.10. The standard InChI is InChI=1S/C63H42N2/c1-3-19-43(20-4-1)49-25-10-16-32-60(49)64(47-37-39-50-53-27-11-17-33-61(53)65(46-23-5-2-6-24-46)62-34-18-12-28-54(62)55(50)41-47)48-38-40-52-51-26-9-15-31-58(51)63(59(52)42-48)56-29-13-7-21-44(56)35-36-45-22-8-14-30-57(45)63/h1-42H. The minimum Gasteiger partial charge on any atom is -0.310 e. The lowest BCUT2D eigenvalue weighted by atomic mass is 9.66. The molecule has 13 rings (SSSR count). The van der Waals surface area contributed by atoms with E-state index in [1.807, 2.05) is 0 Å². The van der Waals surface area contributed by atoms with Crippen LogP contribution in [0.2, 0.25) is 0 Å². The lowest BCUT2D eigenvalue weighted by Crippen LogP contribution is -2.30. The van der Waals surface area contributed by atoms with Crippen molar-refractivity contribution in [1.29, 1.82) is 0 Å². The molecule has 0 saturated heterocycles. The normalized spacial score (nSPS) is 13.3. The highest BCUT2D eigenvalue weighted by Gasteiger charge is 2.48. The molecule has 3 aliphatic rings. The number of nitrogens with zero attached hydrogens (tertiary/aromatic N) is 2. The molecule has 65 heavy (non-hydrogen) atoms. The van der Waals surface area contributed by atoms with Crippen LogP contribution in [-0.2, 0) is 5.41 Å². The third-order valence-electron chi connectivity index (χ3n) is 13.8. The van der Waals surface area contributed by atoms with Gasteiger partial charge in [0.05, 0.1) is 22.5 Å². The summed E-state index contributed by atoms with van der Waals surface area (Å²) in [6.45, 7) is 0. The molecule has 2 heteroatoms. The molecular formula is C63H42N2. The van der Waals surface area contributed by atoms with Crippen molar-refractivity contribution >= 4 is 46.3 Å². The van der Waals surface area contributed by atoms with Gasteiger partial charge in [-0.1, -0.05) is 200 Å². The highest BCUT2D eigenvalue weighted by molar-refractivity contribution is 6.04. The zero-order valence-corrected chi connectivity index (χ0v) is 35.6. The number of fused-ring (bicyclic) bond motifs is 14. The van der Waals surface area contributed by atoms with Crippen molar-refractivity contribution in [3.63, 3.8) is 0 Å². The molecule has 304 valence electrons. The summed E-state index contributed by atoms with van der Waals surface area (Å²) in [6.07, 6.45) is 4.61. The van der Waals surface area contributed by atoms with Gasteiger partial charge in [0, 0.05) is 33.8 Å². The molecule has 0 amide bonds. The quantitative estimate of drug-likeness (QED) is 0.171. The van der Waals surface area contributed by atoms with E-state index in [1.165, 1.54) is 72.3 Å². The fourth-order valence-corrected chi connectivity index (χ4v) is 11.1. The van der Waals surface area contributed by atoms with Gasteiger partial charge in [-0.25, -0.2) is 0 Å². The first-order chi connectivity index (χ1) is 32.3. The molecule has 1 heterocycles. The summed E-state index contributed by atoms with van der Waals surface area (Å²) in [7, 11) is 0. The van der Waals surface area contributed by atoms with Gasteiger partial charge in [0.2, 0.25) is 0 Å². The first kappa shape index (κ1) is 37.1. The van der Waals surface area contributed by atoms with Crippen LogP contribution in [0.25, 0.3) is 56.7 Å². The number of benzene rings is 10. The van der Waals surface area contributed by atoms with Crippen molar-refractivity contribution in [3.05, 3.63) is 276 Å².